The summed E-state index contributed by atoms with van der Waals surface area (Å²) >= 11 is 0. The van der Waals surface area contributed by atoms with Crippen molar-refractivity contribution in [3.05, 3.63) is 82.2 Å². The molecule has 9 heteroatoms. The van der Waals surface area contributed by atoms with Crippen LogP contribution in [-0.2, 0) is 7.05 Å². The molecule has 0 saturated carbocycles. The second-order valence-corrected chi connectivity index (χ2v) is 7.64. The lowest BCUT2D eigenvalue weighted by atomic mass is 10.1. The average Bonchev–Trinajstić information content (AvgIpc) is 3.41. The summed E-state index contributed by atoms with van der Waals surface area (Å²) in [4.78, 5) is 29.9. The van der Waals surface area contributed by atoms with E-state index in [1.54, 1.807) is 42.1 Å². The summed E-state index contributed by atoms with van der Waals surface area (Å²) < 4.78 is 14.7. The largest absolute Gasteiger partial charge is 0.379 e. The molecule has 2 aromatic carbocycles. The number of halogens is 1. The van der Waals surface area contributed by atoms with Gasteiger partial charge in [-0.05, 0) is 48.7 Å². The summed E-state index contributed by atoms with van der Waals surface area (Å²) in [7, 11) is 1.70. The molecule has 1 aromatic heterocycles. The Kier molecular flexibility index (Phi) is 5.66. The van der Waals surface area contributed by atoms with Crippen molar-refractivity contribution in [3.8, 4) is 0 Å². The number of nitrogens with one attached hydrogen (secondary N) is 1. The van der Waals surface area contributed by atoms with Gasteiger partial charge in [-0.2, -0.15) is 0 Å². The Morgan fingerprint density at radius 3 is 2.74 bits per heavy atom. The lowest BCUT2D eigenvalue weighted by molar-refractivity contribution is -0.384. The molecule has 1 saturated heterocycles. The van der Waals surface area contributed by atoms with E-state index in [9.17, 15) is 19.3 Å². The van der Waals surface area contributed by atoms with Crippen molar-refractivity contribution in [1.29, 1.82) is 0 Å². The molecule has 3 aromatic rings. The minimum atomic E-state index is -0.489. The van der Waals surface area contributed by atoms with Gasteiger partial charge in [0.1, 0.15) is 11.5 Å². The standard InChI is InChI=1S/C22H22FN5O3/c1-26-11-9-24-22(26)21(29)16-2-7-19(20(12-16)28(30)31)25-13-15-8-10-27(14-15)18-5-3-17(23)4-6-18/h2-7,9,11-12,15,25H,8,10,13-14H2,1H3. The lowest BCUT2D eigenvalue weighted by Gasteiger charge is -2.19. The molecule has 8 nitrogen and oxygen atoms in total. The van der Waals surface area contributed by atoms with E-state index in [2.05, 4.69) is 15.2 Å². The first-order chi connectivity index (χ1) is 14.9. The van der Waals surface area contributed by atoms with Crippen LogP contribution in [-0.4, -0.2) is 39.9 Å². The van der Waals surface area contributed by atoms with Crippen molar-refractivity contribution in [2.24, 2.45) is 13.0 Å². The molecule has 0 radical (unpaired) electrons. The van der Waals surface area contributed by atoms with Crippen LogP contribution >= 0.6 is 0 Å². The van der Waals surface area contributed by atoms with Crippen LogP contribution < -0.4 is 10.2 Å². The predicted octanol–water partition coefficient (Wildman–Crippen LogP) is 3.64. The van der Waals surface area contributed by atoms with Crippen LogP contribution in [0.2, 0.25) is 0 Å². The third-order valence-corrected chi connectivity index (χ3v) is 5.54. The van der Waals surface area contributed by atoms with Crippen molar-refractivity contribution in [3.63, 3.8) is 0 Å². The second-order valence-electron chi connectivity index (χ2n) is 7.64. The Bertz CT molecular complexity index is 1110. The molecule has 0 amide bonds. The lowest BCUT2D eigenvalue weighted by Crippen LogP contribution is -2.22. The Morgan fingerprint density at radius 2 is 2.06 bits per heavy atom. The monoisotopic (exact) mass is 423 g/mol. The van der Waals surface area contributed by atoms with E-state index >= 15 is 0 Å². The molecule has 1 atom stereocenters. The van der Waals surface area contributed by atoms with Crippen LogP contribution in [0.4, 0.5) is 21.5 Å². The van der Waals surface area contributed by atoms with Gasteiger partial charge in [0.25, 0.3) is 5.69 Å². The highest BCUT2D eigenvalue weighted by atomic mass is 19.1. The predicted molar refractivity (Wildman–Crippen MR) is 115 cm³/mol. The van der Waals surface area contributed by atoms with E-state index in [0.717, 1.165) is 25.2 Å². The van der Waals surface area contributed by atoms with E-state index in [1.165, 1.54) is 24.4 Å². The minimum absolute atomic E-state index is 0.145. The van der Waals surface area contributed by atoms with Gasteiger partial charge in [0, 0.05) is 56.4 Å². The smallest absolute Gasteiger partial charge is 0.293 e. The highest BCUT2D eigenvalue weighted by molar-refractivity contribution is 6.07. The van der Waals surface area contributed by atoms with Gasteiger partial charge in [-0.25, -0.2) is 9.37 Å². The number of hydrogen-bond acceptors (Lipinski definition) is 6. The zero-order chi connectivity index (χ0) is 22.0. The van der Waals surface area contributed by atoms with Gasteiger partial charge >= 0.3 is 0 Å². The fourth-order valence-corrected chi connectivity index (χ4v) is 3.83. The number of nitro groups is 1. The number of carbonyl (C=O) groups is 1. The van der Waals surface area contributed by atoms with Crippen molar-refractivity contribution in [1.82, 2.24) is 9.55 Å². The summed E-state index contributed by atoms with van der Waals surface area (Å²) in [5, 5.41) is 14.8. The normalized spacial score (nSPS) is 15.8. The van der Waals surface area contributed by atoms with Crippen LogP contribution in [0, 0.1) is 21.8 Å². The Morgan fingerprint density at radius 1 is 1.29 bits per heavy atom. The van der Waals surface area contributed by atoms with Gasteiger partial charge in [-0.15, -0.1) is 0 Å². The zero-order valence-electron chi connectivity index (χ0n) is 17.0. The fourth-order valence-electron chi connectivity index (χ4n) is 3.83. The van der Waals surface area contributed by atoms with Crippen LogP contribution in [0.3, 0.4) is 0 Å². The molecular weight excluding hydrogens is 401 g/mol. The molecule has 2 heterocycles. The number of nitrogens with zero attached hydrogens (tertiary/aromatic N) is 4. The number of benzene rings is 2. The first kappa shape index (κ1) is 20.5. The molecule has 1 aliphatic heterocycles. The van der Waals surface area contributed by atoms with Gasteiger partial charge in [0.15, 0.2) is 5.82 Å². The van der Waals surface area contributed by atoms with Gasteiger partial charge in [-0.1, -0.05) is 0 Å². The summed E-state index contributed by atoms with van der Waals surface area (Å²) in [6.45, 7) is 2.19. The number of carbonyl (C=O) groups excluding carboxylic acids is 1. The maximum atomic E-state index is 13.1. The topological polar surface area (TPSA) is 93.3 Å². The summed E-state index contributed by atoms with van der Waals surface area (Å²) in [6.07, 6.45) is 4.08. The second kappa shape index (κ2) is 8.55. The number of imidazole rings is 1. The molecule has 1 unspecified atom stereocenters. The van der Waals surface area contributed by atoms with Crippen LogP contribution in [0.25, 0.3) is 0 Å². The SMILES string of the molecule is Cn1ccnc1C(=O)c1ccc(NCC2CCN(c3ccc(F)cc3)C2)c([N+](=O)[O-])c1. The van der Waals surface area contributed by atoms with E-state index < -0.39 is 4.92 Å². The molecule has 31 heavy (non-hydrogen) atoms. The van der Waals surface area contributed by atoms with Crippen molar-refractivity contribution >= 4 is 22.8 Å². The first-order valence-electron chi connectivity index (χ1n) is 9.97. The van der Waals surface area contributed by atoms with Crippen molar-refractivity contribution in [2.75, 3.05) is 29.9 Å². The number of aryl methyl sites for hydroxylation is 1. The quantitative estimate of drug-likeness (QED) is 0.354. The maximum absolute atomic E-state index is 13.1. The van der Waals surface area contributed by atoms with Crippen molar-refractivity contribution in [2.45, 2.75) is 6.42 Å². The first-order valence-corrected chi connectivity index (χ1v) is 9.97. The molecule has 160 valence electrons. The molecule has 1 fully saturated rings. The Balaban J connectivity index is 1.44. The average molecular weight is 423 g/mol. The van der Waals surface area contributed by atoms with Crippen molar-refractivity contribution < 1.29 is 14.1 Å². The molecule has 0 spiro atoms. The number of aromatic nitrogens is 2. The number of nitro benzene ring substituents is 1. The van der Waals surface area contributed by atoms with Crippen LogP contribution in [0.15, 0.2) is 54.9 Å². The van der Waals surface area contributed by atoms with Gasteiger partial charge < -0.3 is 14.8 Å². The fraction of sp³-hybridized carbons (Fsp3) is 0.273. The molecular formula is C22H22FN5O3. The van der Waals surface area contributed by atoms with Crippen LogP contribution in [0.1, 0.15) is 22.6 Å². The maximum Gasteiger partial charge on any atom is 0.293 e. The molecule has 1 N–H and O–H groups in total. The van der Waals surface area contributed by atoms with E-state index in [0.29, 0.717) is 18.2 Å². The van der Waals surface area contributed by atoms with Gasteiger partial charge in [0.2, 0.25) is 5.78 Å². The molecule has 1 aliphatic rings. The minimum Gasteiger partial charge on any atom is -0.379 e. The number of anilines is 2. The Labute approximate surface area is 178 Å². The highest BCUT2D eigenvalue weighted by Crippen LogP contribution is 2.29. The summed E-state index contributed by atoms with van der Waals surface area (Å²) in [6, 6.07) is 10.8. The number of ketones is 1. The third-order valence-electron chi connectivity index (χ3n) is 5.54. The molecule has 4 rings (SSSR count). The van der Waals surface area contributed by atoms with Gasteiger partial charge in [0.05, 0.1) is 4.92 Å². The number of rotatable bonds is 7. The summed E-state index contributed by atoms with van der Waals surface area (Å²) in [5.74, 6) is -0.119. The zero-order valence-corrected chi connectivity index (χ0v) is 17.0. The summed E-state index contributed by atoms with van der Waals surface area (Å²) in [5.41, 5.74) is 1.41. The van der Waals surface area contributed by atoms with E-state index in [1.807, 2.05) is 0 Å². The molecule has 0 bridgehead atoms. The number of hydrogen-bond donors (Lipinski definition) is 1. The highest BCUT2D eigenvalue weighted by Gasteiger charge is 2.25. The Hall–Kier alpha value is -3.75. The van der Waals surface area contributed by atoms with E-state index in [4.69, 9.17) is 0 Å². The van der Waals surface area contributed by atoms with Crippen LogP contribution in [0.5, 0.6) is 0 Å². The van der Waals surface area contributed by atoms with Gasteiger partial charge in [-0.3, -0.25) is 14.9 Å². The molecule has 0 aliphatic carbocycles. The van der Waals surface area contributed by atoms with E-state index in [-0.39, 0.29) is 28.7 Å². The third kappa shape index (κ3) is 4.40.